The van der Waals surface area contributed by atoms with Gasteiger partial charge in [0.25, 0.3) is 0 Å². The van der Waals surface area contributed by atoms with Gasteiger partial charge in [0.15, 0.2) is 0 Å². The van der Waals surface area contributed by atoms with Crippen molar-refractivity contribution in [3.63, 3.8) is 0 Å². The highest BCUT2D eigenvalue weighted by molar-refractivity contribution is 5.77. The lowest BCUT2D eigenvalue weighted by Gasteiger charge is -2.63. The highest BCUT2D eigenvalue weighted by atomic mass is 16.5. The lowest BCUT2D eigenvalue weighted by atomic mass is 9.45. The summed E-state index contributed by atoms with van der Waals surface area (Å²) in [5.74, 6) is 3.16. The molecule has 3 unspecified atom stereocenters. The summed E-state index contributed by atoms with van der Waals surface area (Å²) in [5, 5.41) is 0. The van der Waals surface area contributed by atoms with Crippen LogP contribution < -0.4 is 4.74 Å². The van der Waals surface area contributed by atoms with Crippen LogP contribution in [0, 0.1) is 34.5 Å². The van der Waals surface area contributed by atoms with Gasteiger partial charge in [0, 0.05) is 37.3 Å². The number of carbonyl (C=O) groups is 1. The SMILES string of the molecule is CC1CC2N(C)C(=O)CC[C@]2(C)[C@@H]2CC[C@]3(C)C(Oc4ncccn4)CC[C@H]3[C@H]12. The fourth-order valence-electron chi connectivity index (χ4n) is 8.08. The van der Waals surface area contributed by atoms with Crippen molar-refractivity contribution in [1.82, 2.24) is 14.9 Å². The number of fused-ring (bicyclic) bond motifs is 5. The number of nitrogens with zero attached hydrogens (tertiary/aromatic N) is 3. The summed E-state index contributed by atoms with van der Waals surface area (Å²) in [4.78, 5) is 23.1. The van der Waals surface area contributed by atoms with Crippen LogP contribution in [-0.2, 0) is 4.79 Å². The average molecular weight is 398 g/mol. The van der Waals surface area contributed by atoms with Crippen LogP contribution in [0.15, 0.2) is 18.5 Å². The fraction of sp³-hybridized carbons (Fsp3) is 0.792. The monoisotopic (exact) mass is 397 g/mol. The second-order valence-electron chi connectivity index (χ2n) is 10.8. The van der Waals surface area contributed by atoms with Gasteiger partial charge in [-0.3, -0.25) is 4.79 Å². The van der Waals surface area contributed by atoms with Gasteiger partial charge in [-0.05, 0) is 73.7 Å². The zero-order valence-electron chi connectivity index (χ0n) is 18.3. The zero-order chi connectivity index (χ0) is 20.4. The molecule has 1 saturated heterocycles. The quantitative estimate of drug-likeness (QED) is 0.745. The molecule has 5 heteroatoms. The molecule has 1 aromatic rings. The molecule has 4 fully saturated rings. The van der Waals surface area contributed by atoms with E-state index in [0.717, 1.165) is 37.5 Å². The molecule has 0 N–H and O–H groups in total. The molecular formula is C24H35N3O2. The number of aromatic nitrogens is 2. The van der Waals surface area contributed by atoms with E-state index in [4.69, 9.17) is 4.74 Å². The Morgan fingerprint density at radius 1 is 1.07 bits per heavy atom. The van der Waals surface area contributed by atoms with Crippen LogP contribution in [0.1, 0.15) is 65.7 Å². The topological polar surface area (TPSA) is 55.3 Å². The van der Waals surface area contributed by atoms with Gasteiger partial charge in [-0.25, -0.2) is 9.97 Å². The summed E-state index contributed by atoms with van der Waals surface area (Å²) >= 11 is 0. The van der Waals surface area contributed by atoms with Crippen molar-refractivity contribution in [1.29, 1.82) is 0 Å². The molecule has 5 nitrogen and oxygen atoms in total. The summed E-state index contributed by atoms with van der Waals surface area (Å²) < 4.78 is 6.35. The predicted octanol–water partition coefficient (Wildman–Crippen LogP) is 4.33. The van der Waals surface area contributed by atoms with Crippen LogP contribution in [0.3, 0.4) is 0 Å². The first-order chi connectivity index (χ1) is 13.8. The van der Waals surface area contributed by atoms with E-state index < -0.39 is 0 Å². The third-order valence-electron chi connectivity index (χ3n) is 9.63. The molecule has 3 saturated carbocycles. The Morgan fingerprint density at radius 2 is 1.79 bits per heavy atom. The molecule has 158 valence electrons. The molecule has 3 aliphatic carbocycles. The Balaban J connectivity index is 1.42. The van der Waals surface area contributed by atoms with E-state index in [0.29, 0.717) is 29.8 Å². The molecule has 5 rings (SSSR count). The minimum Gasteiger partial charge on any atom is -0.460 e. The van der Waals surface area contributed by atoms with Gasteiger partial charge in [-0.15, -0.1) is 0 Å². The highest BCUT2D eigenvalue weighted by Gasteiger charge is 2.63. The largest absolute Gasteiger partial charge is 0.460 e. The number of hydrogen-bond donors (Lipinski definition) is 0. The van der Waals surface area contributed by atoms with Gasteiger partial charge >= 0.3 is 6.01 Å². The molecule has 29 heavy (non-hydrogen) atoms. The maximum Gasteiger partial charge on any atom is 0.316 e. The Morgan fingerprint density at radius 3 is 2.55 bits per heavy atom. The van der Waals surface area contributed by atoms with Crippen molar-refractivity contribution < 1.29 is 9.53 Å². The van der Waals surface area contributed by atoms with Gasteiger partial charge in [0.05, 0.1) is 0 Å². The Kier molecular flexibility index (Phi) is 4.45. The predicted molar refractivity (Wildman–Crippen MR) is 111 cm³/mol. The Hall–Kier alpha value is -1.65. The van der Waals surface area contributed by atoms with E-state index in [9.17, 15) is 4.79 Å². The van der Waals surface area contributed by atoms with E-state index in [2.05, 4.69) is 35.6 Å². The fourth-order valence-corrected chi connectivity index (χ4v) is 8.08. The smallest absolute Gasteiger partial charge is 0.316 e. The lowest BCUT2D eigenvalue weighted by Crippen LogP contribution is -2.63. The second-order valence-corrected chi connectivity index (χ2v) is 10.8. The van der Waals surface area contributed by atoms with Crippen LogP contribution in [0.5, 0.6) is 6.01 Å². The van der Waals surface area contributed by atoms with E-state index in [-0.39, 0.29) is 16.9 Å². The van der Waals surface area contributed by atoms with Gasteiger partial charge in [-0.2, -0.15) is 0 Å². The molecule has 1 aromatic heterocycles. The molecule has 2 heterocycles. The number of piperidine rings is 1. The van der Waals surface area contributed by atoms with Crippen molar-refractivity contribution >= 4 is 5.91 Å². The third kappa shape index (κ3) is 2.75. The van der Waals surface area contributed by atoms with Crippen molar-refractivity contribution in [2.24, 2.45) is 34.5 Å². The van der Waals surface area contributed by atoms with Gasteiger partial charge < -0.3 is 9.64 Å². The Labute approximate surface area is 174 Å². The number of hydrogen-bond acceptors (Lipinski definition) is 4. The summed E-state index contributed by atoms with van der Waals surface area (Å²) in [6, 6.07) is 2.78. The summed E-state index contributed by atoms with van der Waals surface area (Å²) in [5.41, 5.74) is 0.469. The molecule has 0 bridgehead atoms. The third-order valence-corrected chi connectivity index (χ3v) is 9.63. The Bertz CT molecular complexity index is 786. The number of likely N-dealkylation sites (tertiary alicyclic amines) is 1. The minimum absolute atomic E-state index is 0.203. The molecule has 4 aliphatic rings. The molecule has 0 spiro atoms. The molecular weight excluding hydrogens is 362 g/mol. The maximum atomic E-state index is 12.4. The molecule has 1 aliphatic heterocycles. The number of amides is 1. The van der Waals surface area contributed by atoms with Gasteiger partial charge in [0.2, 0.25) is 5.91 Å². The van der Waals surface area contributed by atoms with Crippen LogP contribution in [0.25, 0.3) is 0 Å². The van der Waals surface area contributed by atoms with Crippen molar-refractivity contribution in [3.8, 4) is 6.01 Å². The summed E-state index contributed by atoms with van der Waals surface area (Å²) in [6.07, 6.45) is 11.5. The van der Waals surface area contributed by atoms with Crippen LogP contribution in [-0.4, -0.2) is 40.0 Å². The van der Waals surface area contributed by atoms with E-state index >= 15 is 0 Å². The molecule has 0 aromatic carbocycles. The average Bonchev–Trinajstić information content (AvgIpc) is 3.04. The maximum absolute atomic E-state index is 12.4. The van der Waals surface area contributed by atoms with Crippen LogP contribution in [0.4, 0.5) is 0 Å². The summed E-state index contributed by atoms with van der Waals surface area (Å²) in [7, 11) is 2.05. The second kappa shape index (κ2) is 6.68. The number of carbonyl (C=O) groups excluding carboxylic acids is 1. The first-order valence-electron chi connectivity index (χ1n) is 11.5. The van der Waals surface area contributed by atoms with Gasteiger partial charge in [0.1, 0.15) is 6.10 Å². The van der Waals surface area contributed by atoms with E-state index in [1.54, 1.807) is 12.4 Å². The van der Waals surface area contributed by atoms with Gasteiger partial charge in [-0.1, -0.05) is 20.8 Å². The van der Waals surface area contributed by atoms with Crippen molar-refractivity contribution in [2.75, 3.05) is 7.05 Å². The normalized spacial score (nSPS) is 46.6. The first-order valence-corrected chi connectivity index (χ1v) is 11.5. The zero-order valence-corrected chi connectivity index (χ0v) is 18.3. The van der Waals surface area contributed by atoms with Crippen LogP contribution >= 0.6 is 0 Å². The summed E-state index contributed by atoms with van der Waals surface area (Å²) in [6.45, 7) is 7.41. The molecule has 8 atom stereocenters. The lowest BCUT2D eigenvalue weighted by molar-refractivity contribution is -0.168. The standard InChI is InChI=1S/C24H35N3O2/c1-15-14-18-23(2,11-9-20(28)27(18)4)17-8-10-24(3)16(21(15)17)6-7-19(24)29-22-25-12-5-13-26-22/h5,12-13,15-19,21H,6-11,14H2,1-4H3/t15?,16-,17+,18?,19?,21-,23+,24-/m0/s1. The van der Waals surface area contributed by atoms with Crippen molar-refractivity contribution in [2.45, 2.75) is 77.9 Å². The number of rotatable bonds is 2. The van der Waals surface area contributed by atoms with E-state index in [1.807, 2.05) is 13.1 Å². The first kappa shape index (κ1) is 19.3. The minimum atomic E-state index is 0.203. The van der Waals surface area contributed by atoms with E-state index in [1.165, 1.54) is 19.3 Å². The number of ether oxygens (including phenoxy) is 1. The molecule has 0 radical (unpaired) electrons. The van der Waals surface area contributed by atoms with Crippen LogP contribution in [0.2, 0.25) is 0 Å². The van der Waals surface area contributed by atoms with Crippen molar-refractivity contribution in [3.05, 3.63) is 18.5 Å². The molecule has 1 amide bonds. The highest BCUT2D eigenvalue weighted by Crippen LogP contribution is 2.66.